The highest BCUT2D eigenvalue weighted by molar-refractivity contribution is 5.81. The normalized spacial score (nSPS) is 21.9. The molecule has 2 heterocycles. The lowest BCUT2D eigenvalue weighted by atomic mass is 9.85. The molecular formula is C30H44N2O5. The number of aliphatic hydroxyl groups is 1. The topological polar surface area (TPSA) is 79.3 Å². The summed E-state index contributed by atoms with van der Waals surface area (Å²) in [5.41, 5.74) is 2.05. The number of ether oxygens (including phenoxy) is 2. The molecule has 7 nitrogen and oxygen atoms in total. The first-order chi connectivity index (χ1) is 17.7. The summed E-state index contributed by atoms with van der Waals surface area (Å²) in [6.45, 7) is 9.55. The summed E-state index contributed by atoms with van der Waals surface area (Å²) in [5, 5.41) is 9.33. The Morgan fingerprint density at radius 1 is 0.919 bits per heavy atom. The van der Waals surface area contributed by atoms with E-state index in [1.165, 1.54) is 11.1 Å². The second-order valence-electron chi connectivity index (χ2n) is 11.9. The fourth-order valence-electron chi connectivity index (χ4n) is 5.50. The van der Waals surface area contributed by atoms with E-state index in [0.717, 1.165) is 63.8 Å². The number of amides is 2. The minimum absolute atomic E-state index is 0.0822. The molecule has 2 amide bonds. The SMILES string of the molecule is CC(C)(C)OC(=O)N1CCC(COc2ccc(C3=CCC(C(=O)N4CCC(CO)CC4)CC3)cc2)CC1. The summed E-state index contributed by atoms with van der Waals surface area (Å²) in [5.74, 6) is 2.02. The van der Waals surface area contributed by atoms with Crippen LogP contribution in [0.5, 0.6) is 5.75 Å². The Bertz CT molecular complexity index is 936. The number of aliphatic hydroxyl groups excluding tert-OH is 1. The molecule has 2 fully saturated rings. The Labute approximate surface area is 221 Å². The molecule has 1 aromatic rings. The number of allylic oxidation sites excluding steroid dienone is 2. The van der Waals surface area contributed by atoms with Crippen molar-refractivity contribution in [2.75, 3.05) is 39.4 Å². The quantitative estimate of drug-likeness (QED) is 0.572. The molecule has 0 saturated carbocycles. The highest BCUT2D eigenvalue weighted by atomic mass is 16.6. The van der Waals surface area contributed by atoms with E-state index in [1.807, 2.05) is 37.8 Å². The molecule has 0 aromatic heterocycles. The van der Waals surface area contributed by atoms with Gasteiger partial charge < -0.3 is 24.4 Å². The van der Waals surface area contributed by atoms with Crippen LogP contribution < -0.4 is 4.74 Å². The number of hydrogen-bond donors (Lipinski definition) is 1. The number of piperidine rings is 2. The van der Waals surface area contributed by atoms with E-state index < -0.39 is 5.60 Å². The summed E-state index contributed by atoms with van der Waals surface area (Å²) < 4.78 is 11.6. The van der Waals surface area contributed by atoms with Crippen LogP contribution in [0, 0.1) is 17.8 Å². The van der Waals surface area contributed by atoms with E-state index in [9.17, 15) is 14.7 Å². The first kappa shape index (κ1) is 27.5. The molecule has 0 spiro atoms. The monoisotopic (exact) mass is 512 g/mol. The van der Waals surface area contributed by atoms with Crippen LogP contribution in [-0.2, 0) is 9.53 Å². The maximum atomic E-state index is 12.9. The van der Waals surface area contributed by atoms with Crippen LogP contribution >= 0.6 is 0 Å². The van der Waals surface area contributed by atoms with Crippen molar-refractivity contribution >= 4 is 17.6 Å². The van der Waals surface area contributed by atoms with Gasteiger partial charge in [0.25, 0.3) is 0 Å². The van der Waals surface area contributed by atoms with Crippen molar-refractivity contribution in [2.24, 2.45) is 17.8 Å². The van der Waals surface area contributed by atoms with E-state index in [2.05, 4.69) is 18.2 Å². The average Bonchev–Trinajstić information content (AvgIpc) is 2.91. The standard InChI is InChI=1S/C30H44N2O5/c1-30(2,3)37-29(35)32-18-14-23(15-19-32)21-36-27-10-8-25(9-11-27)24-4-6-26(7-5-24)28(34)31-16-12-22(20-33)13-17-31/h4,8-11,22-23,26,33H,5-7,12-21H2,1-3H3. The van der Waals surface area contributed by atoms with Crippen molar-refractivity contribution in [3.05, 3.63) is 35.9 Å². The van der Waals surface area contributed by atoms with Gasteiger partial charge in [0.1, 0.15) is 11.4 Å². The zero-order valence-electron chi connectivity index (χ0n) is 22.8. The average molecular weight is 513 g/mol. The van der Waals surface area contributed by atoms with Crippen molar-refractivity contribution in [3.63, 3.8) is 0 Å². The van der Waals surface area contributed by atoms with E-state index in [0.29, 0.717) is 31.5 Å². The lowest BCUT2D eigenvalue weighted by Gasteiger charge is -2.34. The molecule has 204 valence electrons. The van der Waals surface area contributed by atoms with E-state index >= 15 is 0 Å². The van der Waals surface area contributed by atoms with Gasteiger partial charge in [0.15, 0.2) is 0 Å². The molecule has 2 aliphatic heterocycles. The van der Waals surface area contributed by atoms with Gasteiger partial charge in [-0.3, -0.25) is 4.79 Å². The van der Waals surface area contributed by atoms with Crippen LogP contribution in [0.2, 0.25) is 0 Å². The molecule has 0 radical (unpaired) electrons. The smallest absolute Gasteiger partial charge is 0.410 e. The summed E-state index contributed by atoms with van der Waals surface area (Å²) in [6, 6.07) is 8.31. The number of carbonyl (C=O) groups excluding carboxylic acids is 2. The minimum atomic E-state index is -0.464. The third-order valence-electron chi connectivity index (χ3n) is 7.92. The Morgan fingerprint density at radius 2 is 1.54 bits per heavy atom. The highest BCUT2D eigenvalue weighted by Gasteiger charge is 2.30. The second-order valence-corrected chi connectivity index (χ2v) is 11.9. The molecule has 1 aromatic carbocycles. The van der Waals surface area contributed by atoms with Crippen LogP contribution in [-0.4, -0.2) is 71.9 Å². The molecule has 1 N–H and O–H groups in total. The zero-order chi connectivity index (χ0) is 26.4. The van der Waals surface area contributed by atoms with Gasteiger partial charge in [-0.15, -0.1) is 0 Å². The number of benzene rings is 1. The van der Waals surface area contributed by atoms with Crippen molar-refractivity contribution in [3.8, 4) is 5.75 Å². The first-order valence-corrected chi connectivity index (χ1v) is 14.0. The second kappa shape index (κ2) is 12.3. The molecule has 1 atom stereocenters. The Morgan fingerprint density at radius 3 is 2.11 bits per heavy atom. The largest absolute Gasteiger partial charge is 0.493 e. The molecule has 1 aliphatic carbocycles. The van der Waals surface area contributed by atoms with E-state index in [-0.39, 0.29) is 24.5 Å². The van der Waals surface area contributed by atoms with Gasteiger partial charge in [-0.25, -0.2) is 4.79 Å². The predicted octanol–water partition coefficient (Wildman–Crippen LogP) is 5.13. The lowest BCUT2D eigenvalue weighted by Crippen LogP contribution is -2.42. The predicted molar refractivity (Wildman–Crippen MR) is 144 cm³/mol. The summed E-state index contributed by atoms with van der Waals surface area (Å²) in [4.78, 5) is 29.0. The minimum Gasteiger partial charge on any atom is -0.493 e. The van der Waals surface area contributed by atoms with Gasteiger partial charge in [-0.2, -0.15) is 0 Å². The maximum absolute atomic E-state index is 12.9. The number of carbonyl (C=O) groups is 2. The van der Waals surface area contributed by atoms with Crippen LogP contribution in [0.15, 0.2) is 30.3 Å². The van der Waals surface area contributed by atoms with Crippen LogP contribution in [0.4, 0.5) is 4.79 Å². The molecule has 7 heteroatoms. The van der Waals surface area contributed by atoms with Crippen molar-refractivity contribution < 1.29 is 24.2 Å². The molecule has 0 bridgehead atoms. The van der Waals surface area contributed by atoms with Gasteiger partial charge >= 0.3 is 6.09 Å². The number of nitrogens with zero attached hydrogens (tertiary/aromatic N) is 2. The first-order valence-electron chi connectivity index (χ1n) is 14.0. The summed E-state index contributed by atoms with van der Waals surface area (Å²) in [6.07, 6.45) is 8.29. The third-order valence-corrected chi connectivity index (χ3v) is 7.92. The zero-order valence-corrected chi connectivity index (χ0v) is 22.8. The van der Waals surface area contributed by atoms with Crippen molar-refractivity contribution in [1.29, 1.82) is 0 Å². The Hall–Kier alpha value is -2.54. The van der Waals surface area contributed by atoms with E-state index in [4.69, 9.17) is 9.47 Å². The highest BCUT2D eigenvalue weighted by Crippen LogP contribution is 2.33. The van der Waals surface area contributed by atoms with E-state index in [1.54, 1.807) is 4.90 Å². The number of hydrogen-bond acceptors (Lipinski definition) is 5. The third kappa shape index (κ3) is 7.73. The molecule has 3 aliphatic rings. The fraction of sp³-hybridized carbons (Fsp3) is 0.667. The van der Waals surface area contributed by atoms with Gasteiger partial charge in [0, 0.05) is 38.7 Å². The molecule has 37 heavy (non-hydrogen) atoms. The van der Waals surface area contributed by atoms with Gasteiger partial charge in [-0.05, 0) is 101 Å². The van der Waals surface area contributed by atoms with Crippen LogP contribution in [0.3, 0.4) is 0 Å². The van der Waals surface area contributed by atoms with Gasteiger partial charge in [0.05, 0.1) is 6.61 Å². The van der Waals surface area contributed by atoms with Crippen molar-refractivity contribution in [1.82, 2.24) is 9.80 Å². The van der Waals surface area contributed by atoms with Gasteiger partial charge in [0.2, 0.25) is 5.91 Å². The summed E-state index contributed by atoms with van der Waals surface area (Å²) >= 11 is 0. The Kier molecular flexibility index (Phi) is 9.17. The summed E-state index contributed by atoms with van der Waals surface area (Å²) in [7, 11) is 0. The lowest BCUT2D eigenvalue weighted by molar-refractivity contribution is -0.137. The fourth-order valence-corrected chi connectivity index (χ4v) is 5.50. The molecule has 1 unspecified atom stereocenters. The molecule has 2 saturated heterocycles. The van der Waals surface area contributed by atoms with Crippen molar-refractivity contribution in [2.45, 2.75) is 71.3 Å². The Balaban J connectivity index is 1.19. The molecule has 4 rings (SSSR count). The number of rotatable bonds is 6. The van der Waals surface area contributed by atoms with Crippen LogP contribution in [0.25, 0.3) is 5.57 Å². The maximum Gasteiger partial charge on any atom is 0.410 e. The van der Waals surface area contributed by atoms with Gasteiger partial charge in [-0.1, -0.05) is 18.2 Å². The van der Waals surface area contributed by atoms with Crippen LogP contribution in [0.1, 0.15) is 71.3 Å². The molecular weight excluding hydrogens is 468 g/mol. The number of likely N-dealkylation sites (tertiary alicyclic amines) is 2.